The SMILES string of the molecule is CCc1cc2c(N3CC[C@@]4(CCNC4)C3)ncnc2s1. The van der Waals surface area contributed by atoms with Crippen LogP contribution in [-0.4, -0.2) is 36.1 Å². The van der Waals surface area contributed by atoms with Crippen LogP contribution in [-0.2, 0) is 6.42 Å². The summed E-state index contributed by atoms with van der Waals surface area (Å²) in [6, 6.07) is 2.28. The van der Waals surface area contributed by atoms with E-state index in [2.05, 4.69) is 33.2 Å². The van der Waals surface area contributed by atoms with E-state index in [9.17, 15) is 0 Å². The Morgan fingerprint density at radius 3 is 3.15 bits per heavy atom. The van der Waals surface area contributed by atoms with Gasteiger partial charge in [0.2, 0.25) is 0 Å². The first-order valence-corrected chi connectivity index (χ1v) is 8.30. The Balaban J connectivity index is 1.70. The van der Waals surface area contributed by atoms with Crippen LogP contribution in [0.4, 0.5) is 5.82 Å². The number of hydrogen-bond acceptors (Lipinski definition) is 5. The van der Waals surface area contributed by atoms with Gasteiger partial charge in [0.25, 0.3) is 0 Å². The van der Waals surface area contributed by atoms with Crippen LogP contribution in [0, 0.1) is 5.41 Å². The molecule has 5 heteroatoms. The molecule has 2 aromatic rings. The molecule has 0 aliphatic carbocycles. The van der Waals surface area contributed by atoms with Crippen LogP contribution < -0.4 is 10.2 Å². The monoisotopic (exact) mass is 288 g/mol. The zero-order valence-electron chi connectivity index (χ0n) is 11.9. The lowest BCUT2D eigenvalue weighted by atomic mass is 9.87. The molecule has 1 N–H and O–H groups in total. The van der Waals surface area contributed by atoms with E-state index in [1.807, 2.05) is 0 Å². The third kappa shape index (κ3) is 1.91. The van der Waals surface area contributed by atoms with Gasteiger partial charge in [0.05, 0.1) is 5.39 Å². The maximum atomic E-state index is 4.59. The number of fused-ring (bicyclic) bond motifs is 1. The van der Waals surface area contributed by atoms with E-state index in [0.29, 0.717) is 5.41 Å². The first kappa shape index (κ1) is 12.5. The van der Waals surface area contributed by atoms with E-state index >= 15 is 0 Å². The quantitative estimate of drug-likeness (QED) is 0.921. The second-order valence-corrected chi connectivity index (χ2v) is 7.20. The molecule has 4 heterocycles. The van der Waals surface area contributed by atoms with Crippen molar-refractivity contribution in [2.75, 3.05) is 31.1 Å². The molecular weight excluding hydrogens is 268 g/mol. The Labute approximate surface area is 123 Å². The third-order valence-corrected chi connectivity index (χ3v) is 5.97. The summed E-state index contributed by atoms with van der Waals surface area (Å²) in [4.78, 5) is 14.0. The van der Waals surface area contributed by atoms with Crippen molar-refractivity contribution >= 4 is 27.4 Å². The Hall–Kier alpha value is -1.20. The number of nitrogens with one attached hydrogen (secondary N) is 1. The van der Waals surface area contributed by atoms with Crippen LogP contribution >= 0.6 is 11.3 Å². The molecule has 0 radical (unpaired) electrons. The summed E-state index contributed by atoms with van der Waals surface area (Å²) in [6.07, 6.45) is 5.40. The van der Waals surface area contributed by atoms with Gasteiger partial charge < -0.3 is 10.2 Å². The van der Waals surface area contributed by atoms with Gasteiger partial charge in [-0.25, -0.2) is 9.97 Å². The second kappa shape index (κ2) is 4.67. The van der Waals surface area contributed by atoms with Gasteiger partial charge in [0.15, 0.2) is 0 Å². The molecule has 0 saturated carbocycles. The average molecular weight is 288 g/mol. The largest absolute Gasteiger partial charge is 0.355 e. The number of aryl methyl sites for hydroxylation is 1. The topological polar surface area (TPSA) is 41.0 Å². The van der Waals surface area contributed by atoms with Crippen LogP contribution in [0.25, 0.3) is 10.2 Å². The van der Waals surface area contributed by atoms with E-state index in [1.165, 1.54) is 36.2 Å². The Morgan fingerprint density at radius 2 is 2.35 bits per heavy atom. The van der Waals surface area contributed by atoms with Crippen molar-refractivity contribution in [3.63, 3.8) is 0 Å². The Kier molecular flexibility index (Phi) is 2.93. The molecule has 2 aliphatic heterocycles. The van der Waals surface area contributed by atoms with Crippen LogP contribution in [0.1, 0.15) is 24.6 Å². The first-order valence-electron chi connectivity index (χ1n) is 7.49. The fourth-order valence-electron chi connectivity index (χ4n) is 3.58. The molecule has 2 fully saturated rings. The van der Waals surface area contributed by atoms with E-state index < -0.39 is 0 Å². The molecular formula is C15H20N4S. The molecule has 0 bridgehead atoms. The van der Waals surface area contributed by atoms with Crippen molar-refractivity contribution in [3.05, 3.63) is 17.3 Å². The van der Waals surface area contributed by atoms with Crippen molar-refractivity contribution in [1.82, 2.24) is 15.3 Å². The minimum absolute atomic E-state index is 0.487. The van der Waals surface area contributed by atoms with Crippen LogP contribution in [0.2, 0.25) is 0 Å². The molecule has 1 atom stereocenters. The van der Waals surface area contributed by atoms with Crippen molar-refractivity contribution in [3.8, 4) is 0 Å². The lowest BCUT2D eigenvalue weighted by molar-refractivity contribution is 0.369. The van der Waals surface area contributed by atoms with Gasteiger partial charge in [-0.2, -0.15) is 0 Å². The predicted molar refractivity (Wildman–Crippen MR) is 83.5 cm³/mol. The fraction of sp³-hybridized carbons (Fsp3) is 0.600. The lowest BCUT2D eigenvalue weighted by Crippen LogP contribution is -2.29. The van der Waals surface area contributed by atoms with Gasteiger partial charge in [0, 0.05) is 29.9 Å². The third-order valence-electron chi connectivity index (χ3n) is 4.78. The number of thiophene rings is 1. The van der Waals surface area contributed by atoms with Gasteiger partial charge in [-0.15, -0.1) is 11.3 Å². The number of anilines is 1. The van der Waals surface area contributed by atoms with E-state index in [-0.39, 0.29) is 0 Å². The smallest absolute Gasteiger partial charge is 0.140 e. The number of hydrogen-bond donors (Lipinski definition) is 1. The highest BCUT2D eigenvalue weighted by atomic mass is 32.1. The minimum atomic E-state index is 0.487. The van der Waals surface area contributed by atoms with Gasteiger partial charge in [-0.3, -0.25) is 0 Å². The minimum Gasteiger partial charge on any atom is -0.355 e. The molecule has 106 valence electrons. The van der Waals surface area contributed by atoms with Gasteiger partial charge in [-0.1, -0.05) is 6.92 Å². The van der Waals surface area contributed by atoms with Gasteiger partial charge in [-0.05, 0) is 31.9 Å². The summed E-state index contributed by atoms with van der Waals surface area (Å²) in [5.74, 6) is 1.15. The highest BCUT2D eigenvalue weighted by molar-refractivity contribution is 7.18. The van der Waals surface area contributed by atoms with E-state index in [0.717, 1.165) is 30.2 Å². The standard InChI is InChI=1S/C15H20N4S/c1-2-11-7-12-13(17-10-18-14(12)20-11)19-6-4-15(9-19)3-5-16-8-15/h7,10,16H,2-6,8-9H2,1H3/t15-/m1/s1. The van der Waals surface area contributed by atoms with E-state index in [1.54, 1.807) is 17.7 Å². The zero-order valence-corrected chi connectivity index (χ0v) is 12.7. The van der Waals surface area contributed by atoms with Crippen LogP contribution in [0.15, 0.2) is 12.4 Å². The van der Waals surface area contributed by atoms with Crippen molar-refractivity contribution in [2.45, 2.75) is 26.2 Å². The zero-order chi connectivity index (χ0) is 13.6. The van der Waals surface area contributed by atoms with Gasteiger partial charge in [0.1, 0.15) is 17.0 Å². The summed E-state index contributed by atoms with van der Waals surface area (Å²) in [5, 5.41) is 4.77. The molecule has 0 amide bonds. The highest BCUT2D eigenvalue weighted by Crippen LogP contribution is 2.40. The summed E-state index contributed by atoms with van der Waals surface area (Å²) >= 11 is 1.80. The maximum Gasteiger partial charge on any atom is 0.140 e. The van der Waals surface area contributed by atoms with Crippen LogP contribution in [0.3, 0.4) is 0 Å². The summed E-state index contributed by atoms with van der Waals surface area (Å²) in [7, 11) is 0. The Bertz CT molecular complexity index is 630. The van der Waals surface area contributed by atoms with Crippen LogP contribution in [0.5, 0.6) is 0 Å². The lowest BCUT2D eigenvalue weighted by Gasteiger charge is -2.23. The molecule has 20 heavy (non-hydrogen) atoms. The summed E-state index contributed by atoms with van der Waals surface area (Å²) in [5.41, 5.74) is 0.487. The summed E-state index contributed by atoms with van der Waals surface area (Å²) < 4.78 is 0. The summed E-state index contributed by atoms with van der Waals surface area (Å²) in [6.45, 7) is 6.81. The highest BCUT2D eigenvalue weighted by Gasteiger charge is 2.41. The predicted octanol–water partition coefficient (Wildman–Crippen LogP) is 2.44. The average Bonchev–Trinajstić information content (AvgIpc) is 3.19. The fourth-order valence-corrected chi connectivity index (χ4v) is 4.51. The molecule has 0 aromatic carbocycles. The first-order chi connectivity index (χ1) is 9.80. The number of rotatable bonds is 2. The van der Waals surface area contributed by atoms with Gasteiger partial charge >= 0.3 is 0 Å². The molecule has 2 saturated heterocycles. The Morgan fingerprint density at radius 1 is 1.40 bits per heavy atom. The molecule has 0 unspecified atom stereocenters. The maximum absolute atomic E-state index is 4.59. The second-order valence-electron chi connectivity index (χ2n) is 6.08. The number of nitrogens with zero attached hydrogens (tertiary/aromatic N) is 3. The van der Waals surface area contributed by atoms with E-state index in [4.69, 9.17) is 0 Å². The normalized spacial score (nSPS) is 26.1. The van der Waals surface area contributed by atoms with Crippen molar-refractivity contribution in [1.29, 1.82) is 0 Å². The molecule has 4 nitrogen and oxygen atoms in total. The van der Waals surface area contributed by atoms with Crippen molar-refractivity contribution < 1.29 is 0 Å². The molecule has 2 aromatic heterocycles. The molecule has 2 aliphatic rings. The molecule has 4 rings (SSSR count). The number of aromatic nitrogens is 2. The van der Waals surface area contributed by atoms with Crippen molar-refractivity contribution in [2.24, 2.45) is 5.41 Å². The molecule has 1 spiro atoms.